The Kier molecular flexibility index (Phi) is 3.79. The van der Waals surface area contributed by atoms with Gasteiger partial charge in [-0.25, -0.2) is 4.79 Å². The Hall–Kier alpha value is -2.43. The van der Waals surface area contributed by atoms with E-state index in [1.807, 2.05) is 32.0 Å². The van der Waals surface area contributed by atoms with Crippen molar-refractivity contribution in [1.29, 1.82) is 0 Å². The van der Waals surface area contributed by atoms with Gasteiger partial charge in [0, 0.05) is 0 Å². The molecular formula is C17H18N2O3. The monoisotopic (exact) mass is 298 g/mol. The molecule has 22 heavy (non-hydrogen) atoms. The molecule has 2 aromatic rings. The van der Waals surface area contributed by atoms with Gasteiger partial charge in [0.1, 0.15) is 11.3 Å². The summed E-state index contributed by atoms with van der Waals surface area (Å²) in [6, 6.07) is 7.81. The summed E-state index contributed by atoms with van der Waals surface area (Å²) < 4.78 is 5.80. The molecule has 1 fully saturated rings. The van der Waals surface area contributed by atoms with Gasteiger partial charge in [-0.2, -0.15) is 10.2 Å². The third-order valence-corrected chi connectivity index (χ3v) is 3.74. The molecule has 1 aromatic heterocycles. The van der Waals surface area contributed by atoms with E-state index in [-0.39, 0.29) is 17.2 Å². The van der Waals surface area contributed by atoms with Crippen LogP contribution in [-0.2, 0) is 0 Å². The van der Waals surface area contributed by atoms with E-state index in [4.69, 9.17) is 4.74 Å². The average Bonchev–Trinajstić information content (AvgIpc) is 3.31. The van der Waals surface area contributed by atoms with Crippen LogP contribution in [0.5, 0.6) is 11.5 Å². The van der Waals surface area contributed by atoms with Crippen molar-refractivity contribution >= 4 is 5.97 Å². The molecule has 1 aliphatic carbocycles. The topological polar surface area (TPSA) is 72.3 Å². The summed E-state index contributed by atoms with van der Waals surface area (Å²) in [6.45, 7) is 3.77. The standard InChI is InChI=1S/C17H18N2O3/c1-10(2)16-15(17(20)21)14(9-18-19-16)22-13-5-3-4-12(8-13)11-6-7-11/h3-5,8-11H,6-7H2,1-2H3,(H,20,21). The summed E-state index contributed by atoms with van der Waals surface area (Å²) in [5, 5.41) is 17.3. The third-order valence-electron chi connectivity index (χ3n) is 3.74. The maximum Gasteiger partial charge on any atom is 0.341 e. The molecule has 0 amide bonds. The number of hydrogen-bond acceptors (Lipinski definition) is 4. The van der Waals surface area contributed by atoms with Gasteiger partial charge < -0.3 is 9.84 Å². The predicted octanol–water partition coefficient (Wildman–Crippen LogP) is 3.97. The highest BCUT2D eigenvalue weighted by molar-refractivity contribution is 5.92. The van der Waals surface area contributed by atoms with Crippen molar-refractivity contribution in [2.75, 3.05) is 0 Å². The second-order valence-electron chi connectivity index (χ2n) is 5.88. The van der Waals surface area contributed by atoms with Crippen LogP contribution in [0, 0.1) is 0 Å². The number of nitrogens with zero attached hydrogens (tertiary/aromatic N) is 2. The van der Waals surface area contributed by atoms with Gasteiger partial charge in [0.05, 0.1) is 11.9 Å². The van der Waals surface area contributed by atoms with E-state index < -0.39 is 5.97 Å². The fourth-order valence-corrected chi connectivity index (χ4v) is 2.46. The van der Waals surface area contributed by atoms with Crippen LogP contribution in [0.3, 0.4) is 0 Å². The summed E-state index contributed by atoms with van der Waals surface area (Å²) in [5.41, 5.74) is 1.76. The molecule has 1 N–H and O–H groups in total. The van der Waals surface area contributed by atoms with E-state index in [0.29, 0.717) is 17.4 Å². The second-order valence-corrected chi connectivity index (χ2v) is 5.88. The highest BCUT2D eigenvalue weighted by Gasteiger charge is 2.24. The van der Waals surface area contributed by atoms with Crippen LogP contribution in [0.25, 0.3) is 0 Å². The molecule has 3 rings (SSSR count). The Labute approximate surface area is 129 Å². The molecule has 1 aliphatic rings. The minimum absolute atomic E-state index is 0.0417. The van der Waals surface area contributed by atoms with Crippen LogP contribution in [0.15, 0.2) is 30.5 Å². The third kappa shape index (κ3) is 2.93. The molecule has 1 heterocycles. The minimum atomic E-state index is -1.05. The van der Waals surface area contributed by atoms with E-state index in [9.17, 15) is 9.90 Å². The van der Waals surface area contributed by atoms with Crippen LogP contribution in [-0.4, -0.2) is 21.3 Å². The van der Waals surface area contributed by atoms with Crippen LogP contribution in [0.4, 0.5) is 0 Å². The van der Waals surface area contributed by atoms with Gasteiger partial charge in [-0.1, -0.05) is 26.0 Å². The lowest BCUT2D eigenvalue weighted by atomic mass is 10.0. The molecule has 5 heteroatoms. The molecule has 0 saturated heterocycles. The summed E-state index contributed by atoms with van der Waals surface area (Å²) in [5.74, 6) is 0.393. The Bertz CT molecular complexity index is 709. The highest BCUT2D eigenvalue weighted by Crippen LogP contribution is 2.41. The first-order valence-electron chi connectivity index (χ1n) is 7.43. The molecule has 0 radical (unpaired) electrons. The number of hydrogen-bond donors (Lipinski definition) is 1. The molecule has 5 nitrogen and oxygen atoms in total. The molecule has 0 atom stereocenters. The largest absolute Gasteiger partial charge is 0.477 e. The molecule has 0 aliphatic heterocycles. The van der Waals surface area contributed by atoms with Gasteiger partial charge in [0.25, 0.3) is 0 Å². The first kappa shape index (κ1) is 14.5. The van der Waals surface area contributed by atoms with Crippen molar-refractivity contribution in [2.45, 2.75) is 38.5 Å². The quantitative estimate of drug-likeness (QED) is 0.904. The van der Waals surface area contributed by atoms with E-state index in [1.54, 1.807) is 0 Å². The highest BCUT2D eigenvalue weighted by atomic mass is 16.5. The number of carboxylic acids is 1. The zero-order valence-electron chi connectivity index (χ0n) is 12.6. The molecule has 1 saturated carbocycles. The van der Waals surface area contributed by atoms with Crippen LogP contribution in [0.1, 0.15) is 60.1 Å². The summed E-state index contributed by atoms with van der Waals surface area (Å²) in [4.78, 5) is 11.6. The van der Waals surface area contributed by atoms with Crippen molar-refractivity contribution in [3.05, 3.63) is 47.3 Å². The molecule has 0 unspecified atom stereocenters. The lowest BCUT2D eigenvalue weighted by Gasteiger charge is -2.13. The van der Waals surface area contributed by atoms with Crippen LogP contribution < -0.4 is 4.74 Å². The first-order chi connectivity index (χ1) is 10.6. The van der Waals surface area contributed by atoms with Crippen molar-refractivity contribution in [3.8, 4) is 11.5 Å². The molecule has 114 valence electrons. The number of carboxylic acid groups (broad SMARTS) is 1. The number of carbonyl (C=O) groups is 1. The van der Waals surface area contributed by atoms with Crippen molar-refractivity contribution in [1.82, 2.24) is 10.2 Å². The number of ether oxygens (including phenoxy) is 1. The zero-order chi connectivity index (χ0) is 15.7. The molecule has 0 bridgehead atoms. The predicted molar refractivity (Wildman–Crippen MR) is 81.6 cm³/mol. The van der Waals surface area contributed by atoms with E-state index >= 15 is 0 Å². The van der Waals surface area contributed by atoms with Gasteiger partial charge in [-0.15, -0.1) is 0 Å². The smallest absolute Gasteiger partial charge is 0.341 e. The van der Waals surface area contributed by atoms with E-state index in [0.717, 1.165) is 0 Å². The normalized spacial score (nSPS) is 14.1. The summed E-state index contributed by atoms with van der Waals surface area (Å²) in [7, 11) is 0. The Morgan fingerprint density at radius 2 is 2.14 bits per heavy atom. The minimum Gasteiger partial charge on any atom is -0.477 e. The van der Waals surface area contributed by atoms with Gasteiger partial charge in [-0.05, 0) is 42.4 Å². The summed E-state index contributed by atoms with van der Waals surface area (Å²) >= 11 is 0. The molecule has 1 aromatic carbocycles. The number of benzene rings is 1. The molecule has 0 spiro atoms. The maximum absolute atomic E-state index is 11.6. The Balaban J connectivity index is 1.96. The number of rotatable bonds is 5. The van der Waals surface area contributed by atoms with Crippen LogP contribution >= 0.6 is 0 Å². The number of aromatic carboxylic acids is 1. The molecular weight excluding hydrogens is 280 g/mol. The van der Waals surface area contributed by atoms with Crippen LogP contribution in [0.2, 0.25) is 0 Å². The average molecular weight is 298 g/mol. The lowest BCUT2D eigenvalue weighted by Crippen LogP contribution is -2.10. The fraction of sp³-hybridized carbons (Fsp3) is 0.353. The van der Waals surface area contributed by atoms with Gasteiger partial charge >= 0.3 is 5.97 Å². The van der Waals surface area contributed by atoms with Crippen molar-refractivity contribution < 1.29 is 14.6 Å². The van der Waals surface area contributed by atoms with E-state index in [2.05, 4.69) is 16.3 Å². The van der Waals surface area contributed by atoms with Gasteiger partial charge in [0.2, 0.25) is 0 Å². The number of aromatic nitrogens is 2. The Morgan fingerprint density at radius 3 is 2.77 bits per heavy atom. The maximum atomic E-state index is 11.6. The van der Waals surface area contributed by atoms with Crippen molar-refractivity contribution in [3.63, 3.8) is 0 Å². The van der Waals surface area contributed by atoms with E-state index in [1.165, 1.54) is 24.6 Å². The van der Waals surface area contributed by atoms with Gasteiger partial charge in [0.15, 0.2) is 5.75 Å². The zero-order valence-corrected chi connectivity index (χ0v) is 12.6. The van der Waals surface area contributed by atoms with Crippen molar-refractivity contribution in [2.24, 2.45) is 0 Å². The lowest BCUT2D eigenvalue weighted by molar-refractivity contribution is 0.0691. The fourth-order valence-electron chi connectivity index (χ4n) is 2.46. The first-order valence-corrected chi connectivity index (χ1v) is 7.43. The second kappa shape index (κ2) is 5.75. The SMILES string of the molecule is CC(C)c1nncc(Oc2cccc(C3CC3)c2)c1C(=O)O. The van der Waals surface area contributed by atoms with Gasteiger partial charge in [-0.3, -0.25) is 0 Å². The summed E-state index contributed by atoms with van der Waals surface area (Å²) in [6.07, 6.45) is 3.77. The Morgan fingerprint density at radius 1 is 1.36 bits per heavy atom.